The molecule has 0 aromatic heterocycles. The van der Waals surface area contributed by atoms with Gasteiger partial charge in [0.05, 0.1) is 5.92 Å². The summed E-state index contributed by atoms with van der Waals surface area (Å²) in [4.78, 5) is 0. The molecule has 0 saturated heterocycles. The molecule has 0 rings (SSSR count). The Bertz CT molecular complexity index is 104. The molecular formula is C6H12F3NS. The van der Waals surface area contributed by atoms with Crippen molar-refractivity contribution in [3.05, 3.63) is 0 Å². The van der Waals surface area contributed by atoms with Gasteiger partial charge in [-0.15, -0.1) is 0 Å². The summed E-state index contributed by atoms with van der Waals surface area (Å²) < 4.78 is 35.9. The molecule has 5 heteroatoms. The lowest BCUT2D eigenvalue weighted by atomic mass is 10.2. The Hall–Kier alpha value is 0.100. The normalized spacial score (nSPS) is 15.0. The van der Waals surface area contributed by atoms with Gasteiger partial charge in [0.15, 0.2) is 0 Å². The van der Waals surface area contributed by atoms with Crippen LogP contribution < -0.4 is 5.73 Å². The first-order chi connectivity index (χ1) is 5.02. The zero-order chi connectivity index (χ0) is 8.91. The standard InChI is InChI=1S/C6H12F3NS/c1-2-11-4-5(3-10)6(7,8)9/h5H,2-4,10H2,1H3. The third-order valence-electron chi connectivity index (χ3n) is 1.27. The molecule has 0 aromatic rings. The maximum absolute atomic E-state index is 12.0. The fourth-order valence-electron chi connectivity index (χ4n) is 0.556. The van der Waals surface area contributed by atoms with Gasteiger partial charge in [0.2, 0.25) is 0 Å². The third kappa shape index (κ3) is 4.53. The van der Waals surface area contributed by atoms with Crippen LogP contribution in [0.5, 0.6) is 0 Å². The SMILES string of the molecule is CCSCC(CN)C(F)(F)F. The molecule has 0 heterocycles. The lowest BCUT2D eigenvalue weighted by Gasteiger charge is -2.17. The molecule has 0 bridgehead atoms. The van der Waals surface area contributed by atoms with Crippen LogP contribution in [0.25, 0.3) is 0 Å². The van der Waals surface area contributed by atoms with Gasteiger partial charge in [-0.2, -0.15) is 24.9 Å². The maximum atomic E-state index is 12.0. The Morgan fingerprint density at radius 3 is 2.27 bits per heavy atom. The highest BCUT2D eigenvalue weighted by Crippen LogP contribution is 2.27. The van der Waals surface area contributed by atoms with Crippen molar-refractivity contribution < 1.29 is 13.2 Å². The van der Waals surface area contributed by atoms with Crippen molar-refractivity contribution in [2.75, 3.05) is 18.1 Å². The van der Waals surface area contributed by atoms with Crippen molar-refractivity contribution in [1.82, 2.24) is 0 Å². The number of hydrogen-bond acceptors (Lipinski definition) is 2. The summed E-state index contributed by atoms with van der Waals surface area (Å²) in [6.07, 6.45) is -4.13. The molecular weight excluding hydrogens is 175 g/mol. The van der Waals surface area contributed by atoms with Gasteiger partial charge in [-0.25, -0.2) is 0 Å². The Balaban J connectivity index is 3.76. The number of rotatable bonds is 4. The minimum absolute atomic E-state index is 0.0799. The predicted octanol–water partition coefficient (Wildman–Crippen LogP) is 1.88. The highest BCUT2D eigenvalue weighted by molar-refractivity contribution is 7.99. The summed E-state index contributed by atoms with van der Waals surface area (Å²) in [6, 6.07) is 0. The molecule has 1 nitrogen and oxygen atoms in total. The molecule has 68 valence electrons. The zero-order valence-corrected chi connectivity index (χ0v) is 7.13. The van der Waals surface area contributed by atoms with Crippen LogP contribution in [0.4, 0.5) is 13.2 Å². The van der Waals surface area contributed by atoms with Crippen molar-refractivity contribution in [1.29, 1.82) is 0 Å². The molecule has 0 aromatic carbocycles. The summed E-state index contributed by atoms with van der Waals surface area (Å²) in [5.41, 5.74) is 4.97. The van der Waals surface area contributed by atoms with E-state index in [1.54, 1.807) is 0 Å². The smallest absolute Gasteiger partial charge is 0.330 e. The lowest BCUT2D eigenvalue weighted by Crippen LogP contribution is -2.32. The second-order valence-corrected chi connectivity index (χ2v) is 3.45. The second kappa shape index (κ2) is 4.87. The largest absolute Gasteiger partial charge is 0.393 e. The summed E-state index contributed by atoms with van der Waals surface area (Å²) in [5.74, 6) is -0.559. The van der Waals surface area contributed by atoms with Crippen LogP contribution in [0.15, 0.2) is 0 Å². The molecule has 2 N–H and O–H groups in total. The average Bonchev–Trinajstić information content (AvgIpc) is 1.87. The van der Waals surface area contributed by atoms with Crippen LogP contribution in [0.1, 0.15) is 6.92 Å². The Morgan fingerprint density at radius 1 is 1.45 bits per heavy atom. The molecule has 1 atom stereocenters. The topological polar surface area (TPSA) is 26.0 Å². The molecule has 0 aliphatic rings. The van der Waals surface area contributed by atoms with E-state index in [2.05, 4.69) is 0 Å². The van der Waals surface area contributed by atoms with E-state index in [0.717, 1.165) is 0 Å². The summed E-state index contributed by atoms with van der Waals surface area (Å²) in [5, 5.41) is 0. The van der Waals surface area contributed by atoms with Crippen LogP contribution in [0, 0.1) is 5.92 Å². The fraction of sp³-hybridized carbons (Fsp3) is 1.00. The van der Waals surface area contributed by atoms with E-state index < -0.39 is 12.1 Å². The van der Waals surface area contributed by atoms with Crippen LogP contribution in [-0.2, 0) is 0 Å². The minimum atomic E-state index is -4.13. The lowest BCUT2D eigenvalue weighted by molar-refractivity contribution is -0.165. The van der Waals surface area contributed by atoms with E-state index in [1.807, 2.05) is 6.92 Å². The highest BCUT2D eigenvalue weighted by Gasteiger charge is 2.37. The van der Waals surface area contributed by atoms with Gasteiger partial charge in [-0.1, -0.05) is 6.92 Å². The Labute approximate surface area is 68.5 Å². The number of alkyl halides is 3. The molecule has 0 radical (unpaired) electrons. The molecule has 0 aliphatic heterocycles. The van der Waals surface area contributed by atoms with E-state index in [0.29, 0.717) is 5.75 Å². The summed E-state index contributed by atoms with van der Waals surface area (Å²) in [7, 11) is 0. The van der Waals surface area contributed by atoms with Crippen LogP contribution in [-0.4, -0.2) is 24.2 Å². The van der Waals surface area contributed by atoms with Gasteiger partial charge in [0.1, 0.15) is 0 Å². The van der Waals surface area contributed by atoms with Crippen LogP contribution >= 0.6 is 11.8 Å². The number of halogens is 3. The van der Waals surface area contributed by atoms with Crippen molar-refractivity contribution in [3.8, 4) is 0 Å². The fourth-order valence-corrected chi connectivity index (χ4v) is 1.40. The van der Waals surface area contributed by atoms with Crippen molar-refractivity contribution in [2.45, 2.75) is 13.1 Å². The van der Waals surface area contributed by atoms with Gasteiger partial charge < -0.3 is 5.73 Å². The van der Waals surface area contributed by atoms with Gasteiger partial charge in [-0.3, -0.25) is 0 Å². The first kappa shape index (κ1) is 11.1. The maximum Gasteiger partial charge on any atom is 0.393 e. The molecule has 0 spiro atoms. The number of nitrogens with two attached hydrogens (primary N) is 1. The van der Waals surface area contributed by atoms with Gasteiger partial charge >= 0.3 is 6.18 Å². The molecule has 0 saturated carbocycles. The summed E-state index contributed by atoms with van der Waals surface area (Å²) in [6.45, 7) is 1.52. The van der Waals surface area contributed by atoms with E-state index >= 15 is 0 Å². The van der Waals surface area contributed by atoms with Crippen LogP contribution in [0.3, 0.4) is 0 Å². The molecule has 1 unspecified atom stereocenters. The molecule has 0 aliphatic carbocycles. The monoisotopic (exact) mass is 187 g/mol. The van der Waals surface area contributed by atoms with E-state index in [4.69, 9.17) is 5.73 Å². The first-order valence-electron chi connectivity index (χ1n) is 3.36. The predicted molar refractivity (Wildman–Crippen MR) is 41.6 cm³/mol. The highest BCUT2D eigenvalue weighted by atomic mass is 32.2. The molecule has 0 fully saturated rings. The Morgan fingerprint density at radius 2 is 2.00 bits per heavy atom. The minimum Gasteiger partial charge on any atom is -0.330 e. The van der Waals surface area contributed by atoms with Gasteiger partial charge in [0.25, 0.3) is 0 Å². The van der Waals surface area contributed by atoms with Gasteiger partial charge in [0, 0.05) is 12.3 Å². The second-order valence-electron chi connectivity index (χ2n) is 2.13. The average molecular weight is 187 g/mol. The van der Waals surface area contributed by atoms with Crippen LogP contribution in [0.2, 0.25) is 0 Å². The quantitative estimate of drug-likeness (QED) is 0.727. The molecule has 11 heavy (non-hydrogen) atoms. The Kier molecular flexibility index (Phi) is 4.92. The molecule has 0 amide bonds. The zero-order valence-electron chi connectivity index (χ0n) is 6.32. The van der Waals surface area contributed by atoms with E-state index in [-0.39, 0.29) is 12.3 Å². The van der Waals surface area contributed by atoms with Crippen molar-refractivity contribution in [3.63, 3.8) is 0 Å². The van der Waals surface area contributed by atoms with E-state index in [9.17, 15) is 13.2 Å². The number of hydrogen-bond donors (Lipinski definition) is 1. The van der Waals surface area contributed by atoms with Crippen molar-refractivity contribution in [2.24, 2.45) is 11.7 Å². The van der Waals surface area contributed by atoms with Crippen molar-refractivity contribution >= 4 is 11.8 Å². The number of thioether (sulfide) groups is 1. The van der Waals surface area contributed by atoms with Gasteiger partial charge in [-0.05, 0) is 5.75 Å². The first-order valence-corrected chi connectivity index (χ1v) is 4.52. The van der Waals surface area contributed by atoms with E-state index in [1.165, 1.54) is 11.8 Å². The third-order valence-corrected chi connectivity index (χ3v) is 2.32. The summed E-state index contributed by atoms with van der Waals surface area (Å²) >= 11 is 1.27.